The molecule has 1 aromatic carbocycles. The molecule has 0 amide bonds. The van der Waals surface area contributed by atoms with Crippen LogP contribution >= 0.6 is 0 Å². The van der Waals surface area contributed by atoms with Crippen molar-refractivity contribution in [1.29, 1.82) is 0 Å². The third-order valence-corrected chi connectivity index (χ3v) is 2.88. The van der Waals surface area contributed by atoms with E-state index in [2.05, 4.69) is 18.7 Å². The Bertz CT molecular complexity index is 306. The smallest absolute Gasteiger partial charge is 0.123 e. The van der Waals surface area contributed by atoms with Gasteiger partial charge in [0.15, 0.2) is 0 Å². The Labute approximate surface area is 90.9 Å². The fourth-order valence-electron chi connectivity index (χ4n) is 1.54. The first-order chi connectivity index (χ1) is 6.97. The lowest BCUT2D eigenvalue weighted by Gasteiger charge is -2.37. The van der Waals surface area contributed by atoms with Crippen LogP contribution < -0.4 is 10.6 Å². The normalized spacial score (nSPS) is 11.5. The lowest BCUT2D eigenvalue weighted by molar-refractivity contribution is 0.456. The van der Waals surface area contributed by atoms with Gasteiger partial charge in [-0.2, -0.15) is 0 Å². The van der Waals surface area contributed by atoms with Gasteiger partial charge in [0.2, 0.25) is 0 Å². The molecular weight excluding hydrogens is 191 g/mol. The zero-order valence-electron chi connectivity index (χ0n) is 9.63. The molecule has 0 saturated carbocycles. The van der Waals surface area contributed by atoms with Crippen LogP contribution in [0.5, 0.6) is 0 Å². The minimum atomic E-state index is -0.205. The highest BCUT2D eigenvalue weighted by Gasteiger charge is 2.22. The minimum Gasteiger partial charge on any atom is -0.369 e. The van der Waals surface area contributed by atoms with Crippen molar-refractivity contribution in [1.82, 2.24) is 0 Å². The number of benzene rings is 1. The second-order valence-electron chi connectivity index (χ2n) is 4.39. The van der Waals surface area contributed by atoms with Gasteiger partial charge in [-0.1, -0.05) is 0 Å². The molecule has 0 fully saturated rings. The van der Waals surface area contributed by atoms with Gasteiger partial charge in [-0.25, -0.2) is 4.39 Å². The van der Waals surface area contributed by atoms with Crippen LogP contribution in [0.1, 0.15) is 20.3 Å². The zero-order valence-corrected chi connectivity index (χ0v) is 9.63. The van der Waals surface area contributed by atoms with Crippen LogP contribution in [0.25, 0.3) is 0 Å². The molecule has 0 heterocycles. The Morgan fingerprint density at radius 3 is 2.27 bits per heavy atom. The fraction of sp³-hybridized carbons (Fsp3) is 0.500. The number of hydrogen-bond acceptors (Lipinski definition) is 2. The summed E-state index contributed by atoms with van der Waals surface area (Å²) < 4.78 is 12.8. The molecule has 0 aliphatic heterocycles. The lowest BCUT2D eigenvalue weighted by Crippen LogP contribution is -2.42. The summed E-state index contributed by atoms with van der Waals surface area (Å²) in [4.78, 5) is 2.12. The van der Waals surface area contributed by atoms with Crippen LogP contribution in [-0.2, 0) is 0 Å². The van der Waals surface area contributed by atoms with Gasteiger partial charge in [0.05, 0.1) is 0 Å². The van der Waals surface area contributed by atoms with Crippen molar-refractivity contribution in [2.75, 3.05) is 18.5 Å². The first kappa shape index (κ1) is 12.0. The number of nitrogens with zero attached hydrogens (tertiary/aromatic N) is 1. The predicted molar refractivity (Wildman–Crippen MR) is 62.6 cm³/mol. The number of nitrogens with two attached hydrogens (primary N) is 1. The molecular formula is C12H19FN2. The molecule has 0 aliphatic rings. The van der Waals surface area contributed by atoms with Crippen molar-refractivity contribution in [3.63, 3.8) is 0 Å². The Kier molecular flexibility index (Phi) is 3.69. The summed E-state index contributed by atoms with van der Waals surface area (Å²) in [5.74, 6) is -0.205. The van der Waals surface area contributed by atoms with Crippen molar-refractivity contribution in [3.8, 4) is 0 Å². The topological polar surface area (TPSA) is 29.3 Å². The highest BCUT2D eigenvalue weighted by Crippen LogP contribution is 2.24. The molecule has 1 rings (SSSR count). The first-order valence-corrected chi connectivity index (χ1v) is 5.17. The Morgan fingerprint density at radius 2 is 1.80 bits per heavy atom. The largest absolute Gasteiger partial charge is 0.369 e. The van der Waals surface area contributed by atoms with E-state index >= 15 is 0 Å². The van der Waals surface area contributed by atoms with Gasteiger partial charge in [0, 0.05) is 18.3 Å². The van der Waals surface area contributed by atoms with Crippen LogP contribution in [0.3, 0.4) is 0 Å². The lowest BCUT2D eigenvalue weighted by atomic mass is 9.98. The van der Waals surface area contributed by atoms with E-state index in [1.807, 2.05) is 7.05 Å². The van der Waals surface area contributed by atoms with Crippen LogP contribution in [0.4, 0.5) is 10.1 Å². The molecule has 2 N–H and O–H groups in total. The van der Waals surface area contributed by atoms with Crippen LogP contribution in [-0.4, -0.2) is 19.1 Å². The standard InChI is InChI=1S/C12H19FN2/c1-12(2,8-9-14)15(3)11-6-4-10(13)5-7-11/h4-7H,8-9,14H2,1-3H3. The van der Waals surface area contributed by atoms with Crippen LogP contribution in [0, 0.1) is 5.82 Å². The van der Waals surface area contributed by atoms with E-state index in [0.717, 1.165) is 12.1 Å². The number of rotatable bonds is 4. The maximum Gasteiger partial charge on any atom is 0.123 e. The summed E-state index contributed by atoms with van der Waals surface area (Å²) in [6, 6.07) is 6.52. The summed E-state index contributed by atoms with van der Waals surface area (Å²) in [5, 5.41) is 0. The summed E-state index contributed by atoms with van der Waals surface area (Å²) in [6.07, 6.45) is 0.904. The molecule has 2 nitrogen and oxygen atoms in total. The third kappa shape index (κ3) is 2.93. The molecule has 0 atom stereocenters. The molecule has 15 heavy (non-hydrogen) atoms. The molecule has 0 saturated heterocycles. The van der Waals surface area contributed by atoms with Gasteiger partial charge in [0.1, 0.15) is 5.82 Å². The number of anilines is 1. The first-order valence-electron chi connectivity index (χ1n) is 5.17. The maximum absolute atomic E-state index is 12.8. The summed E-state index contributed by atoms with van der Waals surface area (Å²) in [6.45, 7) is 4.91. The van der Waals surface area contributed by atoms with Gasteiger partial charge < -0.3 is 10.6 Å². The monoisotopic (exact) mass is 210 g/mol. The van der Waals surface area contributed by atoms with Crippen LogP contribution in [0.2, 0.25) is 0 Å². The molecule has 0 bridgehead atoms. The summed E-state index contributed by atoms with van der Waals surface area (Å²) >= 11 is 0. The van der Waals surface area contributed by atoms with E-state index in [4.69, 9.17) is 5.73 Å². The summed E-state index contributed by atoms with van der Waals surface area (Å²) in [5.41, 5.74) is 6.57. The molecule has 84 valence electrons. The van der Waals surface area contributed by atoms with Crippen molar-refractivity contribution in [2.24, 2.45) is 5.73 Å². The fourth-order valence-corrected chi connectivity index (χ4v) is 1.54. The quantitative estimate of drug-likeness (QED) is 0.826. The van der Waals surface area contributed by atoms with Gasteiger partial charge in [-0.05, 0) is 51.1 Å². The molecule has 0 radical (unpaired) electrons. The molecule has 0 aliphatic carbocycles. The zero-order chi connectivity index (χ0) is 11.5. The second-order valence-corrected chi connectivity index (χ2v) is 4.39. The van der Waals surface area contributed by atoms with E-state index < -0.39 is 0 Å². The van der Waals surface area contributed by atoms with Gasteiger partial charge in [-0.15, -0.1) is 0 Å². The second kappa shape index (κ2) is 4.62. The summed E-state index contributed by atoms with van der Waals surface area (Å²) in [7, 11) is 2.00. The highest BCUT2D eigenvalue weighted by molar-refractivity contribution is 5.47. The van der Waals surface area contributed by atoms with Crippen molar-refractivity contribution >= 4 is 5.69 Å². The average Bonchev–Trinajstić information content (AvgIpc) is 2.18. The Balaban J connectivity index is 2.84. The van der Waals surface area contributed by atoms with E-state index in [1.165, 1.54) is 12.1 Å². The van der Waals surface area contributed by atoms with Crippen molar-refractivity contribution < 1.29 is 4.39 Å². The van der Waals surface area contributed by atoms with Gasteiger partial charge in [-0.3, -0.25) is 0 Å². The van der Waals surface area contributed by atoms with Gasteiger partial charge >= 0.3 is 0 Å². The number of hydrogen-bond donors (Lipinski definition) is 1. The predicted octanol–water partition coefficient (Wildman–Crippen LogP) is 2.39. The van der Waals surface area contributed by atoms with Crippen molar-refractivity contribution in [2.45, 2.75) is 25.8 Å². The van der Waals surface area contributed by atoms with E-state index in [-0.39, 0.29) is 11.4 Å². The van der Waals surface area contributed by atoms with Gasteiger partial charge in [0.25, 0.3) is 0 Å². The minimum absolute atomic E-state index is 0.00736. The number of halogens is 1. The average molecular weight is 210 g/mol. The highest BCUT2D eigenvalue weighted by atomic mass is 19.1. The molecule has 1 aromatic rings. The Morgan fingerprint density at radius 1 is 1.27 bits per heavy atom. The molecule has 0 unspecified atom stereocenters. The van der Waals surface area contributed by atoms with E-state index in [1.54, 1.807) is 12.1 Å². The maximum atomic E-state index is 12.8. The molecule has 3 heteroatoms. The third-order valence-electron chi connectivity index (χ3n) is 2.88. The Hall–Kier alpha value is -1.09. The van der Waals surface area contributed by atoms with Crippen LogP contribution in [0.15, 0.2) is 24.3 Å². The van der Waals surface area contributed by atoms with Crippen molar-refractivity contribution in [3.05, 3.63) is 30.1 Å². The molecule has 0 spiro atoms. The SMILES string of the molecule is CN(c1ccc(F)cc1)C(C)(C)CCN. The van der Waals surface area contributed by atoms with E-state index in [9.17, 15) is 4.39 Å². The van der Waals surface area contributed by atoms with E-state index in [0.29, 0.717) is 6.54 Å². The molecule has 0 aromatic heterocycles.